The average molecular weight is 452 g/mol. The number of nitrogens with zero attached hydrogens (tertiary/aromatic N) is 1. The van der Waals surface area contributed by atoms with Gasteiger partial charge in [0.1, 0.15) is 23.2 Å². The molecule has 0 radical (unpaired) electrons. The number of amides is 1. The quantitative estimate of drug-likeness (QED) is 0.339. The van der Waals surface area contributed by atoms with Gasteiger partial charge in [0.25, 0.3) is 5.91 Å². The summed E-state index contributed by atoms with van der Waals surface area (Å²) in [5, 5.41) is 13.3. The zero-order valence-corrected chi connectivity index (χ0v) is 17.0. The first-order chi connectivity index (χ1) is 13.4. The monoisotopic (exact) mass is 450 g/mol. The fourth-order valence-corrected chi connectivity index (χ4v) is 3.07. The Morgan fingerprint density at radius 1 is 1.04 bits per heavy atom. The molecule has 0 aliphatic carbocycles. The third-order valence-corrected chi connectivity index (χ3v) is 5.06. The van der Waals surface area contributed by atoms with Crippen LogP contribution in [0.25, 0.3) is 17.4 Å². The highest BCUT2D eigenvalue weighted by Crippen LogP contribution is 2.33. The van der Waals surface area contributed by atoms with Crippen molar-refractivity contribution in [2.45, 2.75) is 0 Å². The Hall–Kier alpha value is -2.42. The molecule has 140 valence electrons. The number of nitrogens with one attached hydrogen (secondary N) is 1. The summed E-state index contributed by atoms with van der Waals surface area (Å²) in [5.74, 6) is 0.106. The fourth-order valence-electron chi connectivity index (χ4n) is 2.34. The van der Waals surface area contributed by atoms with Gasteiger partial charge in [-0.15, -0.1) is 0 Å². The van der Waals surface area contributed by atoms with Crippen LogP contribution in [0.3, 0.4) is 0 Å². The van der Waals surface area contributed by atoms with E-state index in [-0.39, 0.29) is 15.6 Å². The zero-order chi connectivity index (χ0) is 20.3. The van der Waals surface area contributed by atoms with Crippen LogP contribution in [0.2, 0.25) is 20.1 Å². The highest BCUT2D eigenvalue weighted by molar-refractivity contribution is 6.44. The first-order valence-corrected chi connectivity index (χ1v) is 9.32. The van der Waals surface area contributed by atoms with Crippen molar-refractivity contribution in [3.8, 4) is 17.4 Å². The topological polar surface area (TPSA) is 66.0 Å². The van der Waals surface area contributed by atoms with Gasteiger partial charge in [0.05, 0.1) is 20.8 Å². The molecule has 0 atom stereocenters. The summed E-state index contributed by atoms with van der Waals surface area (Å²) in [6.07, 6.45) is 1.32. The lowest BCUT2D eigenvalue weighted by molar-refractivity contribution is -0.112. The van der Waals surface area contributed by atoms with Gasteiger partial charge in [-0.05, 0) is 42.5 Å². The Labute approximate surface area is 180 Å². The van der Waals surface area contributed by atoms with Gasteiger partial charge in [0.2, 0.25) is 0 Å². The van der Waals surface area contributed by atoms with Gasteiger partial charge < -0.3 is 9.73 Å². The summed E-state index contributed by atoms with van der Waals surface area (Å²) < 4.78 is 5.68. The van der Waals surface area contributed by atoms with E-state index >= 15 is 0 Å². The first kappa shape index (κ1) is 20.3. The van der Waals surface area contributed by atoms with Crippen molar-refractivity contribution in [2.24, 2.45) is 0 Å². The predicted octanol–water partition coefficient (Wildman–Crippen LogP) is 7.11. The van der Waals surface area contributed by atoms with Gasteiger partial charge >= 0.3 is 0 Å². The second-order valence-electron chi connectivity index (χ2n) is 5.55. The number of anilines is 1. The van der Waals surface area contributed by atoms with E-state index in [9.17, 15) is 10.1 Å². The van der Waals surface area contributed by atoms with Crippen LogP contribution in [0.15, 0.2) is 58.5 Å². The molecular weight excluding hydrogens is 442 g/mol. The molecule has 0 aliphatic rings. The molecule has 0 fully saturated rings. The van der Waals surface area contributed by atoms with Crippen molar-refractivity contribution < 1.29 is 9.21 Å². The number of halogens is 4. The lowest BCUT2D eigenvalue weighted by Crippen LogP contribution is -2.13. The van der Waals surface area contributed by atoms with Crippen molar-refractivity contribution in [3.63, 3.8) is 0 Å². The average Bonchev–Trinajstić information content (AvgIpc) is 3.13. The van der Waals surface area contributed by atoms with Crippen LogP contribution in [0.5, 0.6) is 0 Å². The molecule has 4 nitrogen and oxygen atoms in total. The van der Waals surface area contributed by atoms with Crippen molar-refractivity contribution >= 4 is 64.1 Å². The summed E-state index contributed by atoms with van der Waals surface area (Å²) in [4.78, 5) is 12.4. The number of rotatable bonds is 4. The van der Waals surface area contributed by atoms with Crippen molar-refractivity contribution in [2.75, 3.05) is 5.32 Å². The van der Waals surface area contributed by atoms with E-state index in [1.165, 1.54) is 6.08 Å². The molecule has 0 spiro atoms. The predicted molar refractivity (Wildman–Crippen MR) is 113 cm³/mol. The van der Waals surface area contributed by atoms with Gasteiger partial charge in [-0.25, -0.2) is 0 Å². The second kappa shape index (κ2) is 8.72. The molecule has 1 amide bonds. The maximum absolute atomic E-state index is 12.4. The molecule has 0 aliphatic heterocycles. The molecule has 1 aromatic heterocycles. The molecule has 0 bridgehead atoms. The third-order valence-electron chi connectivity index (χ3n) is 3.67. The molecule has 0 saturated carbocycles. The van der Waals surface area contributed by atoms with Gasteiger partial charge in [-0.1, -0.05) is 52.5 Å². The highest BCUT2D eigenvalue weighted by Gasteiger charge is 2.14. The number of furan rings is 1. The molecule has 8 heteroatoms. The molecule has 0 unspecified atom stereocenters. The number of carbonyl (C=O) groups excluding carboxylic acids is 1. The number of hydrogen-bond donors (Lipinski definition) is 1. The van der Waals surface area contributed by atoms with Crippen LogP contribution < -0.4 is 5.32 Å². The van der Waals surface area contributed by atoms with Gasteiger partial charge in [0.15, 0.2) is 0 Å². The molecular formula is C20H10Cl4N2O2. The van der Waals surface area contributed by atoms with Crippen LogP contribution in [0.1, 0.15) is 5.76 Å². The van der Waals surface area contributed by atoms with Crippen LogP contribution >= 0.6 is 46.4 Å². The Kier molecular flexibility index (Phi) is 6.33. The van der Waals surface area contributed by atoms with E-state index < -0.39 is 5.91 Å². The third kappa shape index (κ3) is 4.52. The maximum Gasteiger partial charge on any atom is 0.266 e. The van der Waals surface area contributed by atoms with Crippen LogP contribution in [-0.2, 0) is 4.79 Å². The second-order valence-corrected chi connectivity index (χ2v) is 7.18. The highest BCUT2D eigenvalue weighted by atomic mass is 35.5. The SMILES string of the molecule is N#C/C(=C/c1ccc(-c2cc(Cl)ccc2Cl)o1)C(=O)Nc1cccc(Cl)c1Cl. The van der Waals surface area contributed by atoms with Crippen molar-refractivity contribution in [1.29, 1.82) is 5.26 Å². The van der Waals surface area contributed by atoms with Gasteiger partial charge in [-0.3, -0.25) is 4.79 Å². The molecule has 1 N–H and O–H groups in total. The molecule has 1 heterocycles. The van der Waals surface area contributed by atoms with E-state index in [1.54, 1.807) is 48.5 Å². The summed E-state index contributed by atoms with van der Waals surface area (Å²) >= 11 is 24.1. The number of hydrogen-bond acceptors (Lipinski definition) is 3. The Balaban J connectivity index is 1.86. The van der Waals surface area contributed by atoms with E-state index in [1.807, 2.05) is 6.07 Å². The summed E-state index contributed by atoms with van der Waals surface area (Å²) in [6.45, 7) is 0. The van der Waals surface area contributed by atoms with Crippen LogP contribution in [0, 0.1) is 11.3 Å². The molecule has 0 saturated heterocycles. The number of nitriles is 1. The Morgan fingerprint density at radius 3 is 2.57 bits per heavy atom. The van der Waals surface area contributed by atoms with Gasteiger partial charge in [0, 0.05) is 16.7 Å². The van der Waals surface area contributed by atoms with E-state index in [0.29, 0.717) is 32.8 Å². The van der Waals surface area contributed by atoms with Crippen molar-refractivity contribution in [3.05, 3.63) is 80.0 Å². The van der Waals surface area contributed by atoms with Gasteiger partial charge in [-0.2, -0.15) is 5.26 Å². The Bertz CT molecular complexity index is 1130. The smallest absolute Gasteiger partial charge is 0.266 e. The lowest BCUT2D eigenvalue weighted by atomic mass is 10.2. The summed E-state index contributed by atoms with van der Waals surface area (Å²) in [6, 6.07) is 14.9. The zero-order valence-electron chi connectivity index (χ0n) is 14.0. The number of carbonyl (C=O) groups is 1. The molecule has 2 aromatic carbocycles. The lowest BCUT2D eigenvalue weighted by Gasteiger charge is -2.07. The molecule has 28 heavy (non-hydrogen) atoms. The Morgan fingerprint density at radius 2 is 1.82 bits per heavy atom. The molecule has 3 rings (SSSR count). The van der Waals surface area contributed by atoms with E-state index in [4.69, 9.17) is 50.8 Å². The van der Waals surface area contributed by atoms with Crippen molar-refractivity contribution in [1.82, 2.24) is 0 Å². The van der Waals surface area contributed by atoms with Crippen LogP contribution in [0.4, 0.5) is 5.69 Å². The summed E-state index contributed by atoms with van der Waals surface area (Å²) in [7, 11) is 0. The summed E-state index contributed by atoms with van der Waals surface area (Å²) in [5.41, 5.74) is 0.725. The minimum absolute atomic E-state index is 0.172. The molecule has 3 aromatic rings. The minimum Gasteiger partial charge on any atom is -0.457 e. The first-order valence-electron chi connectivity index (χ1n) is 7.81. The number of benzene rings is 2. The van der Waals surface area contributed by atoms with E-state index in [2.05, 4.69) is 5.32 Å². The maximum atomic E-state index is 12.4. The standard InChI is InChI=1S/C20H10Cl4N2O2/c21-12-4-6-15(22)14(9-12)18-7-5-13(28-18)8-11(10-25)20(27)26-17-3-1-2-16(23)19(17)24/h1-9H,(H,26,27)/b11-8-. The minimum atomic E-state index is -0.648. The largest absolute Gasteiger partial charge is 0.457 e. The van der Waals surface area contributed by atoms with E-state index in [0.717, 1.165) is 0 Å². The van der Waals surface area contributed by atoms with Crippen LogP contribution in [-0.4, -0.2) is 5.91 Å². The normalized spacial score (nSPS) is 11.2. The fraction of sp³-hybridized carbons (Fsp3) is 0.